The number of carbonyl (C=O) groups excluding carboxylic acids is 1. The lowest BCUT2D eigenvalue weighted by Crippen LogP contribution is -2.07. The van der Waals surface area contributed by atoms with Crippen LogP contribution in [0.1, 0.15) is 597 Å². The Morgan fingerprint density at radius 2 is 0.292 bits per heavy atom. The monoisotopic (exact) mass is 1810 g/mol. The van der Waals surface area contributed by atoms with E-state index in [1.54, 1.807) is 0 Å². The van der Waals surface area contributed by atoms with E-state index >= 15 is 0 Å². The molecule has 748 valence electrons. The zero-order valence-corrected chi connectivity index (χ0v) is 86.7. The van der Waals surface area contributed by atoms with Gasteiger partial charge in [-0.2, -0.15) is 0 Å². The molecule has 130 heavy (non-hydrogen) atoms. The number of unbranched alkanes of at least 4 members (excludes halogenated alkanes) is 78. The number of rotatable bonds is 102. The highest BCUT2D eigenvalue weighted by atomic mass is 16.6. The van der Waals surface area contributed by atoms with Crippen molar-refractivity contribution in [2.24, 2.45) is 0 Å². The van der Waals surface area contributed by atoms with Crippen LogP contribution in [0.5, 0.6) is 57.5 Å². The molecule has 0 atom stereocenters. The highest BCUT2D eigenvalue weighted by Gasteiger charge is 2.22. The Bertz CT molecular complexity index is 2740. The number of hydrogen-bond donors (Lipinski definition) is 0. The van der Waals surface area contributed by atoms with Crippen molar-refractivity contribution in [3.63, 3.8) is 0 Å². The van der Waals surface area contributed by atoms with Crippen molar-refractivity contribution in [1.82, 2.24) is 0 Å². The van der Waals surface area contributed by atoms with E-state index in [2.05, 4.69) is 41.5 Å². The van der Waals surface area contributed by atoms with Crippen LogP contribution in [0.3, 0.4) is 0 Å². The largest absolute Gasteiger partial charge is 0.489 e. The molecular formula is C121H210O9. The molecule has 0 aliphatic carbocycles. The van der Waals surface area contributed by atoms with Gasteiger partial charge in [0.15, 0.2) is 28.8 Å². The highest BCUT2D eigenvalue weighted by Crippen LogP contribution is 2.46. The molecule has 0 saturated carbocycles. The van der Waals surface area contributed by atoms with Crippen LogP contribution >= 0.6 is 0 Å². The molecule has 0 saturated heterocycles. The smallest absolute Gasteiger partial charge is 0.203 e. The maximum absolute atomic E-state index is 14.5. The molecule has 9 heteroatoms. The van der Waals surface area contributed by atoms with Crippen LogP contribution in [-0.4, -0.2) is 45.4 Å². The van der Waals surface area contributed by atoms with E-state index in [1.807, 2.05) is 72.8 Å². The molecule has 9 nitrogen and oxygen atoms in total. The van der Waals surface area contributed by atoms with Gasteiger partial charge in [-0.15, -0.1) is 0 Å². The van der Waals surface area contributed by atoms with Crippen molar-refractivity contribution in [3.05, 3.63) is 83.9 Å². The second kappa shape index (κ2) is 90.4. The summed E-state index contributed by atoms with van der Waals surface area (Å²) in [6, 6.07) is 23.1. The van der Waals surface area contributed by atoms with E-state index in [0.29, 0.717) is 108 Å². The molecule has 0 radical (unpaired) electrons. The molecule has 0 amide bonds. The van der Waals surface area contributed by atoms with Gasteiger partial charge in [0, 0.05) is 35.4 Å². The fraction of sp³-hybridized carbons (Fsp3) is 0.793. The van der Waals surface area contributed by atoms with E-state index in [1.165, 1.54) is 462 Å². The molecule has 4 aromatic rings. The van der Waals surface area contributed by atoms with Crippen LogP contribution in [0.15, 0.2) is 72.8 Å². The van der Waals surface area contributed by atoms with E-state index in [4.69, 9.17) is 37.9 Å². The van der Waals surface area contributed by atoms with Crippen LogP contribution in [0.2, 0.25) is 0 Å². The Morgan fingerprint density at radius 1 is 0.162 bits per heavy atom. The lowest BCUT2D eigenvalue weighted by atomic mass is 10.0. The summed E-state index contributed by atoms with van der Waals surface area (Å²) in [7, 11) is 0. The maximum atomic E-state index is 14.5. The fourth-order valence-corrected chi connectivity index (χ4v) is 18.6. The molecule has 0 bridgehead atoms. The van der Waals surface area contributed by atoms with Crippen molar-refractivity contribution in [2.45, 2.75) is 581 Å². The summed E-state index contributed by atoms with van der Waals surface area (Å²) < 4.78 is 54.4. The van der Waals surface area contributed by atoms with Crippen molar-refractivity contribution in [3.8, 4) is 57.5 Å². The van der Waals surface area contributed by atoms with Crippen LogP contribution in [0.4, 0.5) is 0 Å². The quantitative estimate of drug-likeness (QED) is 0.0317. The zero-order chi connectivity index (χ0) is 92.3. The molecular weight excluding hydrogens is 1600 g/mol. The molecule has 4 rings (SSSR count). The Morgan fingerprint density at radius 3 is 0.438 bits per heavy atom. The minimum atomic E-state index is -0.0737. The maximum Gasteiger partial charge on any atom is 0.203 e. The first kappa shape index (κ1) is 117. The molecule has 0 fully saturated rings. The average Bonchev–Trinajstić information content (AvgIpc) is 0.818. The summed E-state index contributed by atoms with van der Waals surface area (Å²) in [5.41, 5.74) is 1.15. The van der Waals surface area contributed by atoms with Gasteiger partial charge in [0.1, 0.15) is 23.0 Å². The summed E-state index contributed by atoms with van der Waals surface area (Å²) in [4.78, 5) is 14.5. The predicted octanol–water partition coefficient (Wildman–Crippen LogP) is 41.7. The molecule has 0 N–H and O–H groups in total. The molecule has 0 aliphatic heterocycles. The first-order chi connectivity index (χ1) is 64.4. The summed E-state index contributed by atoms with van der Waals surface area (Å²) in [6.07, 6.45) is 110. The van der Waals surface area contributed by atoms with Crippen LogP contribution < -0.4 is 37.9 Å². The summed E-state index contributed by atoms with van der Waals surface area (Å²) in [5.74, 6) is 6.53. The number of benzene rings is 4. The first-order valence-electron chi connectivity index (χ1n) is 57.7. The number of hydrogen-bond acceptors (Lipinski definition) is 9. The standard InChI is InChI=1S/C121H210O9/c1-7-13-19-25-31-37-43-49-55-61-67-73-79-85-99-123-115-105-113(106-116(124-100-86-80-74-68-62-56-50-44-38-32-26-20-14-8-2)120(115)127-103-89-83-77-71-65-59-53-47-41-35-29-23-17-11-5)129-111-95-91-109(92-96-111)119(122)110-93-97-112(98-94-110)130-114-107-117(125-101-87-81-75-69-63-57-51-45-39-33-27-21-15-9-3)121(128-104-90-84-78-72-66-60-54-48-42-36-30-24-18-12-6)118(108-114)126-102-88-82-76-70-64-58-52-46-40-34-28-22-16-10-4/h91-98,105-108H,7-90,99-104H2,1-6H3. The van der Waals surface area contributed by atoms with E-state index in [9.17, 15) is 4.79 Å². The van der Waals surface area contributed by atoms with Gasteiger partial charge in [0.2, 0.25) is 11.5 Å². The number of ether oxygens (including phenoxy) is 8. The van der Waals surface area contributed by atoms with Crippen LogP contribution in [0.25, 0.3) is 0 Å². The van der Waals surface area contributed by atoms with E-state index in [-0.39, 0.29) is 5.78 Å². The van der Waals surface area contributed by atoms with Gasteiger partial charge in [-0.1, -0.05) is 542 Å². The third kappa shape index (κ3) is 67.2. The summed E-state index contributed by atoms with van der Waals surface area (Å²) in [5, 5.41) is 0. The SMILES string of the molecule is CCCCCCCCCCCCCCCCOc1cc(Oc2ccc(C(=O)c3ccc(Oc4cc(OCCCCCCCCCCCCCCCC)c(OCCCCCCCCCCCCCCCC)c(OCCCCCCCCCCCCCCCC)c4)cc3)cc2)cc(OCCCCCCCCCCCCCCCC)c1OCCCCCCCCCCCCCCCC. The normalized spacial score (nSPS) is 11.5. The Kier molecular flexibility index (Phi) is 81.6. The molecule has 0 heterocycles. The third-order valence-electron chi connectivity index (χ3n) is 27.2. The van der Waals surface area contributed by atoms with Crippen molar-refractivity contribution < 1.29 is 42.7 Å². The van der Waals surface area contributed by atoms with Gasteiger partial charge in [-0.05, 0) is 87.1 Å². The van der Waals surface area contributed by atoms with Gasteiger partial charge in [-0.3, -0.25) is 4.79 Å². The second-order valence-corrected chi connectivity index (χ2v) is 39.7. The average molecular weight is 1810 g/mol. The Hall–Kier alpha value is -5.05. The second-order valence-electron chi connectivity index (χ2n) is 39.7. The summed E-state index contributed by atoms with van der Waals surface area (Å²) >= 11 is 0. The number of carbonyl (C=O) groups is 1. The van der Waals surface area contributed by atoms with Crippen molar-refractivity contribution >= 4 is 5.78 Å². The fourth-order valence-electron chi connectivity index (χ4n) is 18.6. The minimum Gasteiger partial charge on any atom is -0.489 e. The van der Waals surface area contributed by atoms with E-state index < -0.39 is 0 Å². The molecule has 0 spiro atoms. The van der Waals surface area contributed by atoms with Crippen LogP contribution in [-0.2, 0) is 0 Å². The van der Waals surface area contributed by atoms with Crippen LogP contribution in [0, 0.1) is 0 Å². The molecule has 0 aliphatic rings. The lowest BCUT2D eigenvalue weighted by molar-refractivity contribution is 0.103. The topological polar surface area (TPSA) is 90.9 Å². The van der Waals surface area contributed by atoms with Crippen molar-refractivity contribution in [1.29, 1.82) is 0 Å². The molecule has 0 aromatic heterocycles. The van der Waals surface area contributed by atoms with Crippen molar-refractivity contribution in [2.75, 3.05) is 39.6 Å². The van der Waals surface area contributed by atoms with Gasteiger partial charge >= 0.3 is 0 Å². The van der Waals surface area contributed by atoms with E-state index in [0.717, 1.165) is 77.0 Å². The Labute approximate surface area is 805 Å². The zero-order valence-electron chi connectivity index (χ0n) is 86.7. The van der Waals surface area contributed by atoms with Gasteiger partial charge in [0.25, 0.3) is 0 Å². The first-order valence-corrected chi connectivity index (χ1v) is 57.7. The summed E-state index contributed by atoms with van der Waals surface area (Å²) in [6.45, 7) is 17.5. The third-order valence-corrected chi connectivity index (χ3v) is 27.2. The van der Waals surface area contributed by atoms with Gasteiger partial charge in [0.05, 0.1) is 39.6 Å². The lowest BCUT2D eigenvalue weighted by Gasteiger charge is -2.19. The Balaban J connectivity index is 1.52. The van der Waals surface area contributed by atoms with Gasteiger partial charge in [-0.25, -0.2) is 0 Å². The minimum absolute atomic E-state index is 0.0737. The van der Waals surface area contributed by atoms with Gasteiger partial charge < -0.3 is 37.9 Å². The molecule has 0 unspecified atom stereocenters. The predicted molar refractivity (Wildman–Crippen MR) is 564 cm³/mol. The number of ketones is 1. The highest BCUT2D eigenvalue weighted by molar-refractivity contribution is 6.09. The molecule has 4 aromatic carbocycles.